The zero-order valence-electron chi connectivity index (χ0n) is 12.2. The van der Waals surface area contributed by atoms with Crippen molar-refractivity contribution in [1.82, 2.24) is 9.29 Å². The maximum atomic E-state index is 11.8. The van der Waals surface area contributed by atoms with Gasteiger partial charge in [-0.1, -0.05) is 0 Å². The molecule has 0 bridgehead atoms. The van der Waals surface area contributed by atoms with Crippen molar-refractivity contribution < 1.29 is 13.2 Å². The minimum Gasteiger partial charge on any atom is -0.371 e. The molecule has 3 rings (SSSR count). The first kappa shape index (κ1) is 15.7. The highest BCUT2D eigenvalue weighted by Crippen LogP contribution is 2.47. The molecular weight excluding hydrogens is 328 g/mol. The normalized spacial score (nSPS) is 25.3. The Morgan fingerprint density at radius 1 is 1.52 bits per heavy atom. The molecular formula is C13H20N2O3S3. The summed E-state index contributed by atoms with van der Waals surface area (Å²) < 4.78 is 31.2. The predicted molar refractivity (Wildman–Crippen MR) is 86.3 cm³/mol. The Hall–Kier alpha value is -0.150. The summed E-state index contributed by atoms with van der Waals surface area (Å²) in [6.07, 6.45) is 1.15. The van der Waals surface area contributed by atoms with Crippen LogP contribution in [-0.4, -0.2) is 53.2 Å². The number of thioether (sulfide) groups is 1. The molecule has 3 heterocycles. The van der Waals surface area contributed by atoms with Crippen LogP contribution in [0.2, 0.25) is 0 Å². The number of aromatic nitrogens is 1. The Labute approximate surface area is 134 Å². The molecule has 2 fully saturated rings. The lowest BCUT2D eigenvalue weighted by Crippen LogP contribution is -2.60. The van der Waals surface area contributed by atoms with E-state index in [4.69, 9.17) is 4.74 Å². The molecule has 2 saturated heterocycles. The highest BCUT2D eigenvalue weighted by molar-refractivity contribution is 8.01. The molecule has 0 radical (unpaired) electrons. The number of thiazole rings is 1. The van der Waals surface area contributed by atoms with Crippen LogP contribution in [0, 0.1) is 6.92 Å². The van der Waals surface area contributed by atoms with E-state index in [2.05, 4.69) is 4.98 Å². The lowest BCUT2D eigenvalue weighted by molar-refractivity contribution is 0.0382. The summed E-state index contributed by atoms with van der Waals surface area (Å²) in [4.78, 5) is 4.40. The van der Waals surface area contributed by atoms with Gasteiger partial charge < -0.3 is 4.74 Å². The van der Waals surface area contributed by atoms with E-state index >= 15 is 0 Å². The summed E-state index contributed by atoms with van der Waals surface area (Å²) >= 11 is 3.50. The van der Waals surface area contributed by atoms with Crippen LogP contribution in [0.5, 0.6) is 0 Å². The van der Waals surface area contributed by atoms with Crippen LogP contribution in [0.1, 0.15) is 24.0 Å². The number of rotatable bonds is 5. The van der Waals surface area contributed by atoms with Gasteiger partial charge in [0.2, 0.25) is 10.0 Å². The molecule has 1 spiro atoms. The molecule has 0 aromatic carbocycles. The number of hydrogen-bond acceptors (Lipinski definition) is 6. The van der Waals surface area contributed by atoms with Crippen LogP contribution in [0.25, 0.3) is 0 Å². The number of aryl methyl sites for hydroxylation is 1. The number of ether oxygens (including phenoxy) is 1. The Balaban J connectivity index is 1.48. The monoisotopic (exact) mass is 348 g/mol. The molecule has 0 N–H and O–H groups in total. The summed E-state index contributed by atoms with van der Waals surface area (Å²) in [5.74, 6) is 1.14. The van der Waals surface area contributed by atoms with Crippen molar-refractivity contribution in [2.45, 2.75) is 37.7 Å². The van der Waals surface area contributed by atoms with Gasteiger partial charge in [-0.3, -0.25) is 0 Å². The van der Waals surface area contributed by atoms with Gasteiger partial charge in [0, 0.05) is 29.0 Å². The first-order valence-corrected chi connectivity index (χ1v) is 10.5. The molecule has 21 heavy (non-hydrogen) atoms. The molecule has 5 nitrogen and oxygen atoms in total. The fourth-order valence-corrected chi connectivity index (χ4v) is 6.35. The molecule has 2 aliphatic rings. The highest BCUT2D eigenvalue weighted by Gasteiger charge is 2.52. The third-order valence-electron chi connectivity index (χ3n) is 4.00. The quantitative estimate of drug-likeness (QED) is 0.813. The van der Waals surface area contributed by atoms with Gasteiger partial charge >= 0.3 is 0 Å². The minimum atomic E-state index is -3.02. The Kier molecular flexibility index (Phi) is 4.35. The maximum Gasteiger partial charge on any atom is 0.213 e. The van der Waals surface area contributed by atoms with Crippen molar-refractivity contribution in [3.63, 3.8) is 0 Å². The third-order valence-corrected chi connectivity index (χ3v) is 8.17. The fourth-order valence-electron chi connectivity index (χ4n) is 2.78. The first-order valence-electron chi connectivity index (χ1n) is 7.07. The Morgan fingerprint density at radius 2 is 2.29 bits per heavy atom. The largest absolute Gasteiger partial charge is 0.371 e. The molecule has 0 amide bonds. The minimum absolute atomic E-state index is 0.0882. The van der Waals surface area contributed by atoms with E-state index in [1.807, 2.05) is 24.1 Å². The van der Waals surface area contributed by atoms with E-state index in [1.165, 1.54) is 0 Å². The molecule has 1 atom stereocenters. The first-order chi connectivity index (χ1) is 9.92. The van der Waals surface area contributed by atoms with E-state index in [0.29, 0.717) is 19.7 Å². The van der Waals surface area contributed by atoms with Crippen LogP contribution in [-0.2, 0) is 21.4 Å². The van der Waals surface area contributed by atoms with Gasteiger partial charge in [-0.15, -0.1) is 23.1 Å². The second-order valence-electron chi connectivity index (χ2n) is 5.66. The summed E-state index contributed by atoms with van der Waals surface area (Å²) in [5.41, 5.74) is 0.993. The van der Waals surface area contributed by atoms with Crippen molar-refractivity contribution in [2.24, 2.45) is 0 Å². The second kappa shape index (κ2) is 5.81. The number of nitrogens with zero attached hydrogens (tertiary/aromatic N) is 2. The lowest BCUT2D eigenvalue weighted by Gasteiger charge is -2.46. The molecule has 118 valence electrons. The summed E-state index contributed by atoms with van der Waals surface area (Å²) in [5, 5.41) is 3.09. The molecule has 0 saturated carbocycles. The zero-order chi connectivity index (χ0) is 15.1. The van der Waals surface area contributed by atoms with E-state index < -0.39 is 10.0 Å². The molecule has 8 heteroatoms. The van der Waals surface area contributed by atoms with Crippen molar-refractivity contribution in [1.29, 1.82) is 0 Å². The SMILES string of the molecule is CCS(=O)(=O)N1CC2(C[C@@H](OCc3csc(C)n3)CS2)C1. The van der Waals surface area contributed by atoms with Gasteiger partial charge in [-0.2, -0.15) is 4.31 Å². The summed E-state index contributed by atoms with van der Waals surface area (Å²) in [7, 11) is -3.02. The van der Waals surface area contributed by atoms with Crippen LogP contribution in [0.15, 0.2) is 5.38 Å². The molecule has 1 aromatic heterocycles. The van der Waals surface area contributed by atoms with Crippen molar-refractivity contribution in [3.8, 4) is 0 Å². The summed E-state index contributed by atoms with van der Waals surface area (Å²) in [6, 6.07) is 0. The van der Waals surface area contributed by atoms with Crippen molar-refractivity contribution >= 4 is 33.1 Å². The standard InChI is InChI=1S/C13H20N2O3S3/c1-3-21(16,17)15-8-13(9-15)4-12(7-20-13)18-5-11-6-19-10(2)14-11/h6,12H,3-5,7-9H2,1-2H3/t12-/m1/s1. The van der Waals surface area contributed by atoms with E-state index in [-0.39, 0.29) is 16.6 Å². The lowest BCUT2D eigenvalue weighted by atomic mass is 9.95. The number of sulfonamides is 1. The molecule has 0 aliphatic carbocycles. The highest BCUT2D eigenvalue weighted by atomic mass is 32.2. The maximum absolute atomic E-state index is 11.8. The van der Waals surface area contributed by atoms with Crippen LogP contribution >= 0.6 is 23.1 Å². The zero-order valence-corrected chi connectivity index (χ0v) is 14.7. The average Bonchev–Trinajstić information content (AvgIpc) is 3.01. The Bertz CT molecular complexity index is 608. The van der Waals surface area contributed by atoms with Gasteiger partial charge in [-0.25, -0.2) is 13.4 Å². The third kappa shape index (κ3) is 3.29. The van der Waals surface area contributed by atoms with Crippen molar-refractivity contribution in [2.75, 3.05) is 24.6 Å². The molecule has 2 aliphatic heterocycles. The van der Waals surface area contributed by atoms with E-state index in [9.17, 15) is 8.42 Å². The van der Waals surface area contributed by atoms with Crippen LogP contribution < -0.4 is 0 Å². The number of hydrogen-bond donors (Lipinski definition) is 0. The van der Waals surface area contributed by atoms with E-state index in [1.54, 1.807) is 22.6 Å². The van der Waals surface area contributed by atoms with Crippen LogP contribution in [0.3, 0.4) is 0 Å². The second-order valence-corrected chi connectivity index (χ2v) is 10.5. The van der Waals surface area contributed by atoms with Gasteiger partial charge in [0.1, 0.15) is 0 Å². The average molecular weight is 349 g/mol. The van der Waals surface area contributed by atoms with E-state index in [0.717, 1.165) is 22.9 Å². The molecule has 0 unspecified atom stereocenters. The smallest absolute Gasteiger partial charge is 0.213 e. The van der Waals surface area contributed by atoms with Crippen molar-refractivity contribution in [3.05, 3.63) is 16.1 Å². The fraction of sp³-hybridized carbons (Fsp3) is 0.769. The van der Waals surface area contributed by atoms with Gasteiger partial charge in [0.05, 0.1) is 29.2 Å². The topological polar surface area (TPSA) is 59.5 Å². The van der Waals surface area contributed by atoms with Gasteiger partial charge in [0.25, 0.3) is 0 Å². The molecule has 1 aromatic rings. The predicted octanol–water partition coefficient (Wildman–Crippen LogP) is 1.88. The summed E-state index contributed by atoms with van der Waals surface area (Å²) in [6.45, 7) is 5.53. The van der Waals surface area contributed by atoms with Gasteiger partial charge in [0.15, 0.2) is 0 Å². The van der Waals surface area contributed by atoms with Gasteiger partial charge in [-0.05, 0) is 20.3 Å². The Morgan fingerprint density at radius 3 is 2.90 bits per heavy atom. The van der Waals surface area contributed by atoms with Crippen LogP contribution in [0.4, 0.5) is 0 Å².